The van der Waals surface area contributed by atoms with Crippen molar-refractivity contribution in [1.82, 2.24) is 9.88 Å². The van der Waals surface area contributed by atoms with Gasteiger partial charge in [-0.05, 0) is 74.3 Å². The van der Waals surface area contributed by atoms with Crippen molar-refractivity contribution in [2.45, 2.75) is 25.1 Å². The first kappa shape index (κ1) is 22.4. The predicted molar refractivity (Wildman–Crippen MR) is 122 cm³/mol. The molecule has 0 N–H and O–H groups in total. The number of amides is 1. The van der Waals surface area contributed by atoms with Crippen molar-refractivity contribution in [3.8, 4) is 11.6 Å². The minimum Gasteiger partial charge on any atom is -0.439 e. The highest BCUT2D eigenvalue weighted by Crippen LogP contribution is 2.35. The van der Waals surface area contributed by atoms with E-state index in [9.17, 15) is 18.0 Å². The summed E-state index contributed by atoms with van der Waals surface area (Å²) in [4.78, 5) is 21.7. The Labute approximate surface area is 195 Å². The summed E-state index contributed by atoms with van der Waals surface area (Å²) in [6.07, 6.45) is -1.53. The Morgan fingerprint density at radius 1 is 0.971 bits per heavy atom. The highest BCUT2D eigenvalue weighted by atomic mass is 19.4. The summed E-state index contributed by atoms with van der Waals surface area (Å²) in [6, 6.07) is 18.6. The van der Waals surface area contributed by atoms with Crippen molar-refractivity contribution in [3.05, 3.63) is 84.1 Å². The SMILES string of the molecule is O=C(c1ccc(Oc2ccc(C(F)(F)F)cn2)cc1)N(c1ccccc1)[C@H]1CN2CCC1CC2. The van der Waals surface area contributed by atoms with Crippen molar-refractivity contribution in [2.75, 3.05) is 24.5 Å². The number of ether oxygens (including phenoxy) is 1. The van der Waals surface area contributed by atoms with Crippen molar-refractivity contribution < 1.29 is 22.7 Å². The van der Waals surface area contributed by atoms with E-state index in [1.807, 2.05) is 35.2 Å². The number of halogens is 3. The van der Waals surface area contributed by atoms with Gasteiger partial charge in [0.15, 0.2) is 0 Å². The number of hydrogen-bond donors (Lipinski definition) is 0. The number of rotatable bonds is 5. The molecule has 2 aromatic carbocycles. The van der Waals surface area contributed by atoms with Crippen molar-refractivity contribution in [2.24, 2.45) is 5.92 Å². The molecule has 8 heteroatoms. The van der Waals surface area contributed by atoms with E-state index in [0.717, 1.165) is 50.4 Å². The molecule has 176 valence electrons. The van der Waals surface area contributed by atoms with Crippen LogP contribution in [0.25, 0.3) is 0 Å². The summed E-state index contributed by atoms with van der Waals surface area (Å²) in [6.45, 7) is 3.04. The number of piperidine rings is 3. The number of nitrogens with zero attached hydrogens (tertiary/aromatic N) is 3. The van der Waals surface area contributed by atoms with Crippen LogP contribution in [0.2, 0.25) is 0 Å². The summed E-state index contributed by atoms with van der Waals surface area (Å²) in [5.41, 5.74) is 0.558. The first-order valence-electron chi connectivity index (χ1n) is 11.3. The number of alkyl halides is 3. The van der Waals surface area contributed by atoms with Crippen LogP contribution in [-0.4, -0.2) is 41.5 Å². The molecule has 1 aromatic heterocycles. The Morgan fingerprint density at radius 3 is 2.24 bits per heavy atom. The molecule has 6 rings (SSSR count). The predicted octanol–water partition coefficient (Wildman–Crippen LogP) is 5.63. The Balaban J connectivity index is 1.35. The minimum atomic E-state index is -4.45. The van der Waals surface area contributed by atoms with Crippen LogP contribution in [-0.2, 0) is 6.18 Å². The summed E-state index contributed by atoms with van der Waals surface area (Å²) in [5, 5.41) is 0. The molecule has 3 aromatic rings. The zero-order valence-electron chi connectivity index (χ0n) is 18.4. The molecule has 3 aliphatic heterocycles. The molecule has 1 amide bonds. The summed E-state index contributed by atoms with van der Waals surface area (Å²) in [5.74, 6) is 0.829. The fourth-order valence-electron chi connectivity index (χ4n) is 4.81. The molecule has 1 atom stereocenters. The lowest BCUT2D eigenvalue weighted by atomic mass is 9.82. The Hall–Kier alpha value is -3.39. The lowest BCUT2D eigenvalue weighted by Crippen LogP contribution is -2.59. The first-order valence-corrected chi connectivity index (χ1v) is 11.3. The number of hydrogen-bond acceptors (Lipinski definition) is 4. The third-order valence-electron chi connectivity index (χ3n) is 6.59. The molecule has 3 saturated heterocycles. The van der Waals surface area contributed by atoms with Crippen molar-refractivity contribution in [1.29, 1.82) is 0 Å². The molecule has 2 bridgehead atoms. The maximum atomic E-state index is 13.7. The fraction of sp³-hybridized carbons (Fsp3) is 0.308. The van der Waals surface area contributed by atoms with Gasteiger partial charge >= 0.3 is 6.18 Å². The largest absolute Gasteiger partial charge is 0.439 e. The van der Waals surface area contributed by atoms with Crippen molar-refractivity contribution in [3.63, 3.8) is 0 Å². The van der Waals surface area contributed by atoms with Gasteiger partial charge in [0, 0.05) is 30.1 Å². The van der Waals surface area contributed by atoms with Gasteiger partial charge in [-0.15, -0.1) is 0 Å². The van der Waals surface area contributed by atoms with Crippen LogP contribution < -0.4 is 9.64 Å². The zero-order valence-corrected chi connectivity index (χ0v) is 18.4. The molecular weight excluding hydrogens is 443 g/mol. The number of anilines is 1. The molecule has 0 radical (unpaired) electrons. The van der Waals surface area contributed by atoms with Crippen LogP contribution in [0.3, 0.4) is 0 Å². The van der Waals surface area contributed by atoms with Crippen LogP contribution in [0, 0.1) is 5.92 Å². The van der Waals surface area contributed by atoms with Crippen LogP contribution in [0.5, 0.6) is 11.6 Å². The van der Waals surface area contributed by atoms with Gasteiger partial charge in [0.1, 0.15) is 5.75 Å². The van der Waals surface area contributed by atoms with Crippen LogP contribution in [0.1, 0.15) is 28.8 Å². The standard InChI is InChI=1S/C26H24F3N3O2/c27-26(28,29)20-8-11-24(30-16-20)34-22-9-6-19(7-10-22)25(33)32(21-4-2-1-3-5-21)23-17-31-14-12-18(23)13-15-31/h1-11,16,18,23H,12-15,17H2/t23-/m0/s1. The molecule has 0 unspecified atom stereocenters. The minimum absolute atomic E-state index is 0.0465. The van der Waals surface area contributed by atoms with Crippen LogP contribution in [0.4, 0.5) is 18.9 Å². The highest BCUT2D eigenvalue weighted by Gasteiger charge is 2.40. The second-order valence-corrected chi connectivity index (χ2v) is 8.73. The van der Waals surface area contributed by atoms with Crippen LogP contribution >= 0.6 is 0 Å². The molecular formula is C26H24F3N3O2. The summed E-state index contributed by atoms with van der Waals surface area (Å²) in [7, 11) is 0. The molecule has 34 heavy (non-hydrogen) atoms. The number of carbonyl (C=O) groups is 1. The number of aromatic nitrogens is 1. The normalized spacial score (nSPS) is 21.8. The quantitative estimate of drug-likeness (QED) is 0.488. The summed E-state index contributed by atoms with van der Waals surface area (Å²) < 4.78 is 43.7. The molecule has 3 aliphatic rings. The molecule has 3 fully saturated rings. The van der Waals surface area contributed by atoms with E-state index < -0.39 is 11.7 Å². The Kier molecular flexibility index (Phi) is 6.00. The fourth-order valence-corrected chi connectivity index (χ4v) is 4.81. The second kappa shape index (κ2) is 9.10. The van der Waals surface area contributed by atoms with Gasteiger partial charge in [-0.2, -0.15) is 13.2 Å². The number of carbonyl (C=O) groups excluding carboxylic acids is 1. The van der Waals surface area contributed by atoms with E-state index in [2.05, 4.69) is 9.88 Å². The van der Waals surface area contributed by atoms with E-state index in [-0.39, 0.29) is 17.8 Å². The lowest BCUT2D eigenvalue weighted by molar-refractivity contribution is -0.137. The number of benzene rings is 2. The average Bonchev–Trinajstić information content (AvgIpc) is 2.86. The van der Waals surface area contributed by atoms with Crippen molar-refractivity contribution >= 4 is 11.6 Å². The Bertz CT molecular complexity index is 1130. The summed E-state index contributed by atoms with van der Waals surface area (Å²) >= 11 is 0. The number of para-hydroxylation sites is 1. The molecule has 5 nitrogen and oxygen atoms in total. The van der Waals surface area contributed by atoms with E-state index in [1.54, 1.807) is 24.3 Å². The number of pyridine rings is 1. The third-order valence-corrected chi connectivity index (χ3v) is 6.59. The topological polar surface area (TPSA) is 45.7 Å². The second-order valence-electron chi connectivity index (χ2n) is 8.73. The van der Waals surface area contributed by atoms with E-state index in [1.165, 1.54) is 6.07 Å². The maximum Gasteiger partial charge on any atom is 0.417 e. The highest BCUT2D eigenvalue weighted by molar-refractivity contribution is 6.06. The van der Waals surface area contributed by atoms with E-state index in [4.69, 9.17) is 4.74 Å². The van der Waals surface area contributed by atoms with E-state index in [0.29, 0.717) is 17.2 Å². The smallest absolute Gasteiger partial charge is 0.417 e. The van der Waals surface area contributed by atoms with Gasteiger partial charge in [-0.1, -0.05) is 18.2 Å². The zero-order chi connectivity index (χ0) is 23.7. The van der Waals surface area contributed by atoms with Gasteiger partial charge in [0.05, 0.1) is 11.6 Å². The molecule has 4 heterocycles. The monoisotopic (exact) mass is 467 g/mol. The van der Waals surface area contributed by atoms with Gasteiger partial charge < -0.3 is 14.5 Å². The van der Waals surface area contributed by atoms with Gasteiger partial charge in [0.25, 0.3) is 5.91 Å². The molecule has 0 aliphatic carbocycles. The average molecular weight is 467 g/mol. The van der Waals surface area contributed by atoms with E-state index >= 15 is 0 Å². The van der Waals surface area contributed by atoms with Gasteiger partial charge in [-0.25, -0.2) is 4.98 Å². The third kappa shape index (κ3) is 4.63. The lowest BCUT2D eigenvalue weighted by Gasteiger charge is -2.49. The number of fused-ring (bicyclic) bond motifs is 3. The van der Waals surface area contributed by atoms with Gasteiger partial charge in [-0.3, -0.25) is 4.79 Å². The molecule has 0 spiro atoms. The maximum absolute atomic E-state index is 13.7. The van der Waals surface area contributed by atoms with Crippen LogP contribution in [0.15, 0.2) is 72.9 Å². The molecule has 0 saturated carbocycles. The Morgan fingerprint density at radius 2 is 1.68 bits per heavy atom. The first-order chi connectivity index (χ1) is 16.4. The van der Waals surface area contributed by atoms with Gasteiger partial charge in [0.2, 0.25) is 5.88 Å².